The number of nitrogens with zero attached hydrogens (tertiary/aromatic N) is 1. The number of aliphatic carboxylic acids is 1. The Bertz CT molecular complexity index is 1280. The second-order valence-electron chi connectivity index (χ2n) is 7.98. The first-order valence-corrected chi connectivity index (χ1v) is 11.3. The van der Waals surface area contributed by atoms with Crippen molar-refractivity contribution < 1.29 is 28.3 Å². The predicted octanol–water partition coefficient (Wildman–Crippen LogP) is 4.81. The molecule has 0 bridgehead atoms. The molecular formula is C27H26N2O6. The highest BCUT2D eigenvalue weighted by Crippen LogP contribution is 2.24. The van der Waals surface area contributed by atoms with E-state index in [0.717, 1.165) is 28.1 Å². The van der Waals surface area contributed by atoms with Gasteiger partial charge in [-0.1, -0.05) is 30.3 Å². The Labute approximate surface area is 202 Å². The SMILES string of the molecule is Cc1oc(-c2ccccc2)nc1CCOc1ccc(CCC(=O)O)cc1CNC(=O)c1ccco1. The van der Waals surface area contributed by atoms with Crippen LogP contribution in [0.3, 0.4) is 0 Å². The summed E-state index contributed by atoms with van der Waals surface area (Å²) in [4.78, 5) is 27.9. The molecule has 0 saturated carbocycles. The molecule has 180 valence electrons. The Morgan fingerprint density at radius 2 is 1.89 bits per heavy atom. The van der Waals surface area contributed by atoms with E-state index < -0.39 is 5.97 Å². The number of aromatic nitrogens is 1. The number of hydrogen-bond donors (Lipinski definition) is 2. The number of amides is 1. The fourth-order valence-corrected chi connectivity index (χ4v) is 3.61. The molecule has 0 saturated heterocycles. The molecule has 0 fully saturated rings. The van der Waals surface area contributed by atoms with Crippen molar-refractivity contribution in [1.29, 1.82) is 0 Å². The number of carboxylic acids is 1. The minimum Gasteiger partial charge on any atom is -0.493 e. The van der Waals surface area contributed by atoms with Crippen LogP contribution in [-0.4, -0.2) is 28.6 Å². The number of rotatable bonds is 11. The topological polar surface area (TPSA) is 115 Å². The number of benzene rings is 2. The van der Waals surface area contributed by atoms with Crippen molar-refractivity contribution in [2.24, 2.45) is 0 Å². The Morgan fingerprint density at radius 1 is 1.06 bits per heavy atom. The van der Waals surface area contributed by atoms with Crippen LogP contribution < -0.4 is 10.1 Å². The van der Waals surface area contributed by atoms with Gasteiger partial charge in [0, 0.05) is 30.5 Å². The van der Waals surface area contributed by atoms with Crippen molar-refractivity contribution in [2.45, 2.75) is 32.7 Å². The van der Waals surface area contributed by atoms with Crippen LogP contribution in [0.25, 0.3) is 11.5 Å². The highest BCUT2D eigenvalue weighted by molar-refractivity contribution is 5.91. The highest BCUT2D eigenvalue weighted by atomic mass is 16.5. The molecule has 8 heteroatoms. The van der Waals surface area contributed by atoms with Crippen LogP contribution in [0.1, 0.15) is 39.6 Å². The molecule has 0 radical (unpaired) electrons. The largest absolute Gasteiger partial charge is 0.493 e. The third-order valence-corrected chi connectivity index (χ3v) is 5.45. The number of ether oxygens (including phenoxy) is 1. The number of carbonyl (C=O) groups is 2. The summed E-state index contributed by atoms with van der Waals surface area (Å²) in [5, 5.41) is 11.8. The Morgan fingerprint density at radius 3 is 2.63 bits per heavy atom. The van der Waals surface area contributed by atoms with Crippen LogP contribution in [0, 0.1) is 6.92 Å². The molecule has 2 N–H and O–H groups in total. The number of oxazole rings is 1. The van der Waals surface area contributed by atoms with Crippen molar-refractivity contribution in [3.8, 4) is 17.2 Å². The van der Waals surface area contributed by atoms with Crippen molar-refractivity contribution in [3.63, 3.8) is 0 Å². The number of hydrogen-bond acceptors (Lipinski definition) is 6. The molecule has 1 amide bonds. The highest BCUT2D eigenvalue weighted by Gasteiger charge is 2.14. The van der Waals surface area contributed by atoms with E-state index in [0.29, 0.717) is 31.1 Å². The average Bonchev–Trinajstić information content (AvgIpc) is 3.53. The zero-order valence-electron chi connectivity index (χ0n) is 19.3. The van der Waals surface area contributed by atoms with Crippen molar-refractivity contribution in [3.05, 3.63) is 95.3 Å². The molecule has 35 heavy (non-hydrogen) atoms. The molecule has 0 spiro atoms. The lowest BCUT2D eigenvalue weighted by Crippen LogP contribution is -2.22. The zero-order chi connectivity index (χ0) is 24.6. The summed E-state index contributed by atoms with van der Waals surface area (Å²) in [6.07, 6.45) is 2.38. The van der Waals surface area contributed by atoms with Crippen LogP contribution in [0.2, 0.25) is 0 Å². The molecule has 4 aromatic rings. The van der Waals surface area contributed by atoms with E-state index in [2.05, 4.69) is 10.3 Å². The van der Waals surface area contributed by atoms with Gasteiger partial charge in [0.2, 0.25) is 5.89 Å². The smallest absolute Gasteiger partial charge is 0.303 e. The quantitative estimate of drug-likeness (QED) is 0.320. The molecule has 2 aromatic heterocycles. The van der Waals surface area contributed by atoms with Crippen LogP contribution in [-0.2, 0) is 24.2 Å². The fraction of sp³-hybridized carbons (Fsp3) is 0.222. The summed E-state index contributed by atoms with van der Waals surface area (Å²) in [7, 11) is 0. The number of furan rings is 1. The second-order valence-corrected chi connectivity index (χ2v) is 7.98. The van der Waals surface area contributed by atoms with Crippen molar-refractivity contribution in [1.82, 2.24) is 10.3 Å². The molecule has 2 heterocycles. The van der Waals surface area contributed by atoms with E-state index in [9.17, 15) is 9.59 Å². The third-order valence-electron chi connectivity index (χ3n) is 5.45. The first-order chi connectivity index (χ1) is 17.0. The first-order valence-electron chi connectivity index (χ1n) is 11.3. The van der Waals surface area contributed by atoms with Crippen molar-refractivity contribution >= 4 is 11.9 Å². The molecule has 0 aliphatic heterocycles. The second kappa shape index (κ2) is 11.2. The number of carboxylic acid groups (broad SMARTS) is 1. The third kappa shape index (κ3) is 6.38. The van der Waals surface area contributed by atoms with E-state index in [1.165, 1.54) is 6.26 Å². The van der Waals surface area contributed by atoms with Gasteiger partial charge in [0.25, 0.3) is 5.91 Å². The molecule has 0 aliphatic rings. The maximum atomic E-state index is 12.3. The molecule has 2 aromatic carbocycles. The van der Waals surface area contributed by atoms with Crippen molar-refractivity contribution in [2.75, 3.05) is 6.61 Å². The maximum absolute atomic E-state index is 12.3. The first kappa shape index (κ1) is 23.8. The zero-order valence-corrected chi connectivity index (χ0v) is 19.3. The van der Waals surface area contributed by atoms with Gasteiger partial charge in [-0.15, -0.1) is 0 Å². The summed E-state index contributed by atoms with van der Waals surface area (Å²) in [6.45, 7) is 2.44. The summed E-state index contributed by atoms with van der Waals surface area (Å²) in [6, 6.07) is 18.4. The van der Waals surface area contributed by atoms with E-state index in [-0.39, 0.29) is 24.6 Å². The molecule has 0 aliphatic carbocycles. The fourth-order valence-electron chi connectivity index (χ4n) is 3.61. The van der Waals surface area contributed by atoms with Gasteiger partial charge < -0.3 is 24.0 Å². The van der Waals surface area contributed by atoms with E-state index in [4.69, 9.17) is 18.7 Å². The molecular weight excluding hydrogens is 448 g/mol. The summed E-state index contributed by atoms with van der Waals surface area (Å²) < 4.78 is 17.0. The number of carbonyl (C=O) groups excluding carboxylic acids is 1. The van der Waals surface area contributed by atoms with Crippen LogP contribution in [0.15, 0.2) is 75.8 Å². The molecule has 0 unspecified atom stereocenters. The molecule has 4 rings (SSSR count). The number of aryl methyl sites for hydroxylation is 2. The van der Waals surface area contributed by atoms with Crippen LogP contribution in [0.5, 0.6) is 5.75 Å². The Hall–Kier alpha value is -4.33. The Kier molecular flexibility index (Phi) is 7.62. The standard InChI is InChI=1S/C27H26N2O6/c1-18-22(29-27(35-18)20-6-3-2-4-7-20)13-15-34-23-11-9-19(10-12-25(30)31)16-21(23)17-28-26(32)24-8-5-14-33-24/h2-9,11,14,16H,10,12-13,15,17H2,1H3,(H,28,32)(H,30,31). The lowest BCUT2D eigenvalue weighted by Gasteiger charge is -2.13. The molecule has 8 nitrogen and oxygen atoms in total. The maximum Gasteiger partial charge on any atom is 0.303 e. The van der Waals surface area contributed by atoms with E-state index in [1.807, 2.05) is 49.4 Å². The lowest BCUT2D eigenvalue weighted by atomic mass is 10.1. The predicted molar refractivity (Wildman–Crippen MR) is 128 cm³/mol. The van der Waals surface area contributed by atoms with Gasteiger partial charge in [-0.05, 0) is 49.2 Å². The van der Waals surface area contributed by atoms with Gasteiger partial charge in [0.1, 0.15) is 11.5 Å². The van der Waals surface area contributed by atoms with Crippen LogP contribution in [0.4, 0.5) is 0 Å². The van der Waals surface area contributed by atoms with E-state index in [1.54, 1.807) is 18.2 Å². The van der Waals surface area contributed by atoms with E-state index >= 15 is 0 Å². The minimum absolute atomic E-state index is 0.0214. The monoisotopic (exact) mass is 474 g/mol. The summed E-state index contributed by atoms with van der Waals surface area (Å²) in [5.41, 5.74) is 3.32. The average molecular weight is 475 g/mol. The summed E-state index contributed by atoms with van der Waals surface area (Å²) >= 11 is 0. The van der Waals surface area contributed by atoms with Gasteiger partial charge in [-0.2, -0.15) is 0 Å². The normalized spacial score (nSPS) is 10.8. The van der Waals surface area contributed by atoms with Gasteiger partial charge in [-0.3, -0.25) is 9.59 Å². The Balaban J connectivity index is 1.43. The minimum atomic E-state index is -0.865. The molecule has 0 atom stereocenters. The van der Waals surface area contributed by atoms with Gasteiger partial charge in [-0.25, -0.2) is 4.98 Å². The van der Waals surface area contributed by atoms with Gasteiger partial charge in [0.15, 0.2) is 5.76 Å². The van der Waals surface area contributed by atoms with Gasteiger partial charge in [0.05, 0.1) is 18.6 Å². The lowest BCUT2D eigenvalue weighted by molar-refractivity contribution is -0.136. The summed E-state index contributed by atoms with van der Waals surface area (Å²) in [5.74, 6) is 0.919. The number of nitrogens with one attached hydrogen (secondary N) is 1. The van der Waals surface area contributed by atoms with Gasteiger partial charge >= 0.3 is 5.97 Å². The van der Waals surface area contributed by atoms with Crippen LogP contribution >= 0.6 is 0 Å².